The molecule has 19 heavy (non-hydrogen) atoms. The maximum Gasteiger partial charge on any atom is 0.134 e. The van der Waals surface area contributed by atoms with E-state index >= 15 is 0 Å². The first kappa shape index (κ1) is 14.1. The molecule has 0 radical (unpaired) electrons. The highest BCUT2D eigenvalue weighted by molar-refractivity contribution is 5.49. The molecule has 0 unspecified atom stereocenters. The smallest absolute Gasteiger partial charge is 0.134 e. The van der Waals surface area contributed by atoms with Crippen molar-refractivity contribution in [1.82, 2.24) is 14.9 Å². The molecule has 0 atom stereocenters. The molecule has 1 aromatic rings. The van der Waals surface area contributed by atoms with E-state index in [0.29, 0.717) is 0 Å². The molecule has 0 aliphatic carbocycles. The molecule has 1 aromatic heterocycles. The summed E-state index contributed by atoms with van der Waals surface area (Å²) in [6.45, 7) is 6.55. The van der Waals surface area contributed by atoms with E-state index in [1.54, 1.807) is 0 Å². The molecule has 1 N–H and O–H groups in total. The van der Waals surface area contributed by atoms with Crippen LogP contribution in [0.1, 0.15) is 25.6 Å². The van der Waals surface area contributed by atoms with Crippen LogP contribution in [0.25, 0.3) is 0 Å². The molecule has 1 aliphatic heterocycles. The second-order valence-electron chi connectivity index (χ2n) is 5.17. The molecule has 2 heterocycles. The van der Waals surface area contributed by atoms with Crippen LogP contribution in [0, 0.1) is 0 Å². The first-order chi connectivity index (χ1) is 9.22. The second-order valence-corrected chi connectivity index (χ2v) is 5.17. The van der Waals surface area contributed by atoms with Crippen LogP contribution in [0.3, 0.4) is 0 Å². The summed E-state index contributed by atoms with van der Waals surface area (Å²) in [6, 6.07) is 2.06. The average Bonchev–Trinajstić information content (AvgIpc) is 2.63. The van der Waals surface area contributed by atoms with Crippen LogP contribution in [0.4, 0.5) is 11.6 Å². The van der Waals surface area contributed by atoms with Crippen molar-refractivity contribution in [2.24, 2.45) is 0 Å². The zero-order chi connectivity index (χ0) is 13.7. The SMILES string of the molecule is CCCc1nc(NC)cc(N2CCCN(C)CC2)n1. The Morgan fingerprint density at radius 1 is 1.21 bits per heavy atom. The highest BCUT2D eigenvalue weighted by Crippen LogP contribution is 2.18. The van der Waals surface area contributed by atoms with Crippen molar-refractivity contribution in [3.63, 3.8) is 0 Å². The molecule has 0 amide bonds. The maximum atomic E-state index is 4.72. The Bertz CT molecular complexity index is 407. The van der Waals surface area contributed by atoms with Gasteiger partial charge in [-0.1, -0.05) is 6.92 Å². The number of nitrogens with zero attached hydrogens (tertiary/aromatic N) is 4. The number of hydrogen-bond donors (Lipinski definition) is 1. The minimum atomic E-state index is 0.922. The fourth-order valence-corrected chi connectivity index (χ4v) is 2.38. The maximum absolute atomic E-state index is 4.72. The zero-order valence-electron chi connectivity index (χ0n) is 12.3. The number of rotatable bonds is 4. The summed E-state index contributed by atoms with van der Waals surface area (Å²) >= 11 is 0. The summed E-state index contributed by atoms with van der Waals surface area (Å²) in [5.74, 6) is 2.94. The number of aryl methyl sites for hydroxylation is 1. The summed E-state index contributed by atoms with van der Waals surface area (Å²) < 4.78 is 0. The lowest BCUT2D eigenvalue weighted by atomic mass is 10.3. The van der Waals surface area contributed by atoms with Crippen LogP contribution in [0.5, 0.6) is 0 Å². The van der Waals surface area contributed by atoms with Gasteiger partial charge in [-0.15, -0.1) is 0 Å². The first-order valence-corrected chi connectivity index (χ1v) is 7.22. The van der Waals surface area contributed by atoms with E-state index in [1.165, 1.54) is 13.0 Å². The Hall–Kier alpha value is -1.36. The minimum Gasteiger partial charge on any atom is -0.373 e. The average molecular weight is 263 g/mol. The summed E-state index contributed by atoms with van der Waals surface area (Å²) in [7, 11) is 4.10. The number of nitrogens with one attached hydrogen (secondary N) is 1. The quantitative estimate of drug-likeness (QED) is 0.894. The lowest BCUT2D eigenvalue weighted by Gasteiger charge is -2.22. The third kappa shape index (κ3) is 3.80. The van der Waals surface area contributed by atoms with Gasteiger partial charge in [0.2, 0.25) is 0 Å². The summed E-state index contributed by atoms with van der Waals surface area (Å²) in [5.41, 5.74) is 0. The molecule has 1 saturated heterocycles. The molecule has 1 aliphatic rings. The molecule has 106 valence electrons. The number of hydrogen-bond acceptors (Lipinski definition) is 5. The fraction of sp³-hybridized carbons (Fsp3) is 0.714. The molecule has 1 fully saturated rings. The molecular weight excluding hydrogens is 238 g/mol. The first-order valence-electron chi connectivity index (χ1n) is 7.22. The van der Waals surface area contributed by atoms with Crippen LogP contribution >= 0.6 is 0 Å². The standard InChI is InChI=1S/C14H25N5/c1-4-6-12-16-13(15-2)11-14(17-12)19-8-5-7-18(3)9-10-19/h11H,4-10H2,1-3H3,(H,15,16,17). The monoisotopic (exact) mass is 263 g/mol. The van der Waals surface area contributed by atoms with E-state index in [-0.39, 0.29) is 0 Å². The molecule has 5 nitrogen and oxygen atoms in total. The van der Waals surface area contributed by atoms with Crippen LogP contribution in [-0.4, -0.2) is 55.1 Å². The van der Waals surface area contributed by atoms with Crippen LogP contribution < -0.4 is 10.2 Å². The normalized spacial score (nSPS) is 17.3. The summed E-state index contributed by atoms with van der Waals surface area (Å²) in [6.07, 6.45) is 3.21. The van der Waals surface area contributed by atoms with Gasteiger partial charge in [0.1, 0.15) is 17.5 Å². The minimum absolute atomic E-state index is 0.922. The van der Waals surface area contributed by atoms with Gasteiger partial charge in [0, 0.05) is 39.2 Å². The summed E-state index contributed by atoms with van der Waals surface area (Å²) in [4.78, 5) is 14.0. The van der Waals surface area contributed by atoms with E-state index in [4.69, 9.17) is 4.98 Å². The van der Waals surface area contributed by atoms with E-state index in [1.807, 2.05) is 7.05 Å². The van der Waals surface area contributed by atoms with Crippen LogP contribution in [0.15, 0.2) is 6.07 Å². The predicted molar refractivity (Wildman–Crippen MR) is 79.9 cm³/mol. The van der Waals surface area contributed by atoms with Crippen molar-refractivity contribution < 1.29 is 0 Å². The Balaban J connectivity index is 2.19. The van der Waals surface area contributed by atoms with Gasteiger partial charge in [0.25, 0.3) is 0 Å². The summed E-state index contributed by atoms with van der Waals surface area (Å²) in [5, 5.41) is 3.14. The molecule has 0 bridgehead atoms. The molecule has 2 rings (SSSR count). The fourth-order valence-electron chi connectivity index (χ4n) is 2.38. The van der Waals surface area contributed by atoms with E-state index < -0.39 is 0 Å². The Kier molecular flexibility index (Phi) is 4.96. The topological polar surface area (TPSA) is 44.3 Å². The van der Waals surface area contributed by atoms with Crippen molar-refractivity contribution in [3.8, 4) is 0 Å². The number of likely N-dealkylation sites (N-methyl/N-ethyl adjacent to an activating group) is 1. The second kappa shape index (κ2) is 6.70. The van der Waals surface area contributed by atoms with Crippen molar-refractivity contribution in [1.29, 1.82) is 0 Å². The highest BCUT2D eigenvalue weighted by atomic mass is 15.2. The van der Waals surface area contributed by atoms with Gasteiger partial charge < -0.3 is 15.1 Å². The van der Waals surface area contributed by atoms with Crippen molar-refractivity contribution >= 4 is 11.6 Å². The van der Waals surface area contributed by atoms with Crippen molar-refractivity contribution in [2.75, 3.05) is 50.5 Å². The molecular formula is C14H25N5. The van der Waals surface area contributed by atoms with Crippen LogP contribution in [0.2, 0.25) is 0 Å². The van der Waals surface area contributed by atoms with Crippen molar-refractivity contribution in [2.45, 2.75) is 26.2 Å². The van der Waals surface area contributed by atoms with Gasteiger partial charge in [0.05, 0.1) is 0 Å². The molecule has 0 saturated carbocycles. The van der Waals surface area contributed by atoms with Gasteiger partial charge in [-0.05, 0) is 26.4 Å². The van der Waals surface area contributed by atoms with E-state index in [0.717, 1.165) is 49.9 Å². The molecule has 0 spiro atoms. The number of aromatic nitrogens is 2. The lowest BCUT2D eigenvalue weighted by Crippen LogP contribution is -2.29. The third-order valence-electron chi connectivity index (χ3n) is 3.53. The Morgan fingerprint density at radius 2 is 2.05 bits per heavy atom. The largest absolute Gasteiger partial charge is 0.373 e. The Labute approximate surface area is 116 Å². The van der Waals surface area contributed by atoms with Gasteiger partial charge in [-0.2, -0.15) is 0 Å². The molecule has 0 aromatic carbocycles. The lowest BCUT2D eigenvalue weighted by molar-refractivity contribution is 0.360. The van der Waals surface area contributed by atoms with Crippen LogP contribution in [-0.2, 0) is 6.42 Å². The Morgan fingerprint density at radius 3 is 2.79 bits per heavy atom. The highest BCUT2D eigenvalue weighted by Gasteiger charge is 2.15. The van der Waals surface area contributed by atoms with Gasteiger partial charge >= 0.3 is 0 Å². The van der Waals surface area contributed by atoms with E-state index in [9.17, 15) is 0 Å². The third-order valence-corrected chi connectivity index (χ3v) is 3.53. The van der Waals surface area contributed by atoms with Gasteiger partial charge in [-0.25, -0.2) is 9.97 Å². The van der Waals surface area contributed by atoms with E-state index in [2.05, 4.69) is 40.1 Å². The number of anilines is 2. The van der Waals surface area contributed by atoms with Gasteiger partial charge in [0.15, 0.2) is 0 Å². The predicted octanol–water partition coefficient (Wildman–Crippen LogP) is 1.61. The molecule has 5 heteroatoms. The van der Waals surface area contributed by atoms with Crippen molar-refractivity contribution in [3.05, 3.63) is 11.9 Å². The zero-order valence-corrected chi connectivity index (χ0v) is 12.3. The van der Waals surface area contributed by atoms with Gasteiger partial charge in [-0.3, -0.25) is 0 Å².